The molecule has 0 atom stereocenters. The van der Waals surface area contributed by atoms with Crippen molar-refractivity contribution in [2.75, 3.05) is 37.9 Å². The predicted molar refractivity (Wildman–Crippen MR) is 132 cm³/mol. The Morgan fingerprint density at radius 1 is 1.23 bits per heavy atom. The van der Waals surface area contributed by atoms with E-state index >= 15 is 0 Å². The number of benzene rings is 2. The van der Waals surface area contributed by atoms with Crippen molar-refractivity contribution >= 4 is 29.3 Å². The number of aliphatic hydroxyl groups is 1. The number of carbonyl (C=O) groups excluding carboxylic acids is 2. The number of rotatable bonds is 7. The van der Waals surface area contributed by atoms with Gasteiger partial charge in [-0.05, 0) is 61.2 Å². The number of nitrogens with two attached hydrogens (primary N) is 1. The number of anilines is 3. The van der Waals surface area contributed by atoms with Gasteiger partial charge < -0.3 is 30.9 Å². The van der Waals surface area contributed by atoms with Crippen LogP contribution in [0, 0.1) is 0 Å². The lowest BCUT2D eigenvalue weighted by atomic mass is 10.00. The molecule has 1 aliphatic rings. The molecule has 1 amide bonds. The Labute approximate surface area is 203 Å². The number of hydrogen-bond acceptors (Lipinski definition) is 9. The molecule has 0 fully saturated rings. The van der Waals surface area contributed by atoms with Gasteiger partial charge in [0.2, 0.25) is 5.95 Å². The number of methoxy groups -OCH3 is 1. The number of nitrogens with zero attached hydrogens (tertiary/aromatic N) is 2. The van der Waals surface area contributed by atoms with E-state index in [2.05, 4.69) is 20.6 Å². The van der Waals surface area contributed by atoms with E-state index in [0.717, 1.165) is 29.0 Å². The average molecular weight is 480 g/mol. The lowest BCUT2D eigenvalue weighted by molar-refractivity contribution is 0.0526. The number of amides is 1. The molecule has 10 nitrogen and oxygen atoms in total. The summed E-state index contributed by atoms with van der Waals surface area (Å²) < 4.78 is 9.87. The Morgan fingerprint density at radius 2 is 2.00 bits per heavy atom. The zero-order valence-electron chi connectivity index (χ0n) is 19.7. The number of aliphatic hydroxyl groups excluding tert-OH is 1. The van der Waals surface area contributed by atoms with E-state index in [1.807, 2.05) is 30.3 Å². The first-order valence-corrected chi connectivity index (χ1v) is 11.2. The second kappa shape index (κ2) is 12.3. The molecule has 0 spiro atoms. The molecule has 0 saturated carbocycles. The van der Waals surface area contributed by atoms with E-state index in [9.17, 15) is 9.59 Å². The molecule has 5 N–H and O–H groups in total. The Hall–Kier alpha value is -4.18. The van der Waals surface area contributed by atoms with Crippen molar-refractivity contribution in [1.29, 1.82) is 0 Å². The van der Waals surface area contributed by atoms with Crippen LogP contribution < -0.4 is 21.1 Å². The van der Waals surface area contributed by atoms with Crippen LogP contribution in [0.5, 0.6) is 5.75 Å². The van der Waals surface area contributed by atoms with Crippen molar-refractivity contribution in [3.05, 3.63) is 70.9 Å². The molecular formula is C25H29N5O5. The summed E-state index contributed by atoms with van der Waals surface area (Å²) in [7, 11) is 1.64. The fourth-order valence-corrected chi connectivity index (χ4v) is 3.38. The standard InChI is InChI=1S/C16H17N5O3.C9H12O2/c1-2-24-15(23)12-8-19-16(21-13(12)17)20-10-3-4-11-9(7-10)5-6-18-14(11)22;1-11-9-4-2-8(3-5-9)6-7-10/h3-4,7-8H,2,5-6H2,1H3,(H,18,22)(H3,17,19,20,21);2-5,10H,6-7H2,1H3. The fourth-order valence-electron chi connectivity index (χ4n) is 3.38. The van der Waals surface area contributed by atoms with Crippen LogP contribution in [-0.4, -0.2) is 53.8 Å². The molecule has 4 rings (SSSR count). The third-order valence-electron chi connectivity index (χ3n) is 5.16. The summed E-state index contributed by atoms with van der Waals surface area (Å²) in [6, 6.07) is 13.1. The van der Waals surface area contributed by atoms with Gasteiger partial charge in [0.05, 0.1) is 13.7 Å². The molecule has 184 valence electrons. The molecule has 3 aromatic rings. The van der Waals surface area contributed by atoms with Gasteiger partial charge in [0.1, 0.15) is 17.1 Å². The maximum Gasteiger partial charge on any atom is 0.343 e. The number of hydrogen-bond donors (Lipinski definition) is 4. The minimum atomic E-state index is -0.554. The molecule has 1 aliphatic heterocycles. The van der Waals surface area contributed by atoms with E-state index in [1.54, 1.807) is 26.2 Å². The lowest BCUT2D eigenvalue weighted by Crippen LogP contribution is -2.31. The highest BCUT2D eigenvalue weighted by molar-refractivity contribution is 5.97. The summed E-state index contributed by atoms with van der Waals surface area (Å²) in [5.41, 5.74) is 9.42. The highest BCUT2D eigenvalue weighted by Crippen LogP contribution is 2.22. The van der Waals surface area contributed by atoms with Crippen LogP contribution in [-0.2, 0) is 17.6 Å². The van der Waals surface area contributed by atoms with Gasteiger partial charge >= 0.3 is 5.97 Å². The van der Waals surface area contributed by atoms with E-state index < -0.39 is 5.97 Å². The number of ether oxygens (including phenoxy) is 2. The van der Waals surface area contributed by atoms with Crippen LogP contribution in [0.25, 0.3) is 0 Å². The van der Waals surface area contributed by atoms with Crippen molar-refractivity contribution in [2.24, 2.45) is 0 Å². The zero-order chi connectivity index (χ0) is 25.2. The van der Waals surface area contributed by atoms with Gasteiger partial charge in [-0.15, -0.1) is 0 Å². The van der Waals surface area contributed by atoms with Crippen molar-refractivity contribution in [1.82, 2.24) is 15.3 Å². The molecule has 0 unspecified atom stereocenters. The second-order valence-corrected chi connectivity index (χ2v) is 7.54. The number of fused-ring (bicyclic) bond motifs is 1. The monoisotopic (exact) mass is 479 g/mol. The van der Waals surface area contributed by atoms with Gasteiger partial charge in [0.15, 0.2) is 0 Å². The molecule has 10 heteroatoms. The van der Waals surface area contributed by atoms with E-state index in [4.69, 9.17) is 20.3 Å². The summed E-state index contributed by atoms with van der Waals surface area (Å²) in [5.74, 6) is 0.541. The molecule has 0 aliphatic carbocycles. The molecular weight excluding hydrogens is 450 g/mol. The Kier molecular flexibility index (Phi) is 8.96. The summed E-state index contributed by atoms with van der Waals surface area (Å²) in [5, 5.41) is 14.4. The van der Waals surface area contributed by atoms with Gasteiger partial charge in [-0.3, -0.25) is 4.79 Å². The van der Waals surface area contributed by atoms with E-state index in [0.29, 0.717) is 18.5 Å². The summed E-state index contributed by atoms with van der Waals surface area (Å²) in [4.78, 5) is 31.6. The van der Waals surface area contributed by atoms with Crippen LogP contribution in [0.3, 0.4) is 0 Å². The molecule has 1 aromatic heterocycles. The number of nitrogens with one attached hydrogen (secondary N) is 2. The van der Waals surface area contributed by atoms with Crippen LogP contribution in [0.15, 0.2) is 48.7 Å². The highest BCUT2D eigenvalue weighted by atomic mass is 16.5. The summed E-state index contributed by atoms with van der Waals surface area (Å²) >= 11 is 0. The molecule has 35 heavy (non-hydrogen) atoms. The maximum absolute atomic E-state index is 11.7. The highest BCUT2D eigenvalue weighted by Gasteiger charge is 2.17. The number of nitrogen functional groups attached to an aromatic ring is 1. The molecule has 0 radical (unpaired) electrons. The topological polar surface area (TPSA) is 149 Å². The summed E-state index contributed by atoms with van der Waals surface area (Å²) in [6.45, 7) is 2.78. The summed E-state index contributed by atoms with van der Waals surface area (Å²) in [6.07, 6.45) is 2.81. The molecule has 0 bridgehead atoms. The van der Waals surface area contributed by atoms with Gasteiger partial charge in [-0.2, -0.15) is 4.98 Å². The first-order valence-electron chi connectivity index (χ1n) is 11.2. The SMILES string of the molecule is CCOC(=O)c1cnc(Nc2ccc3c(c2)CCNC3=O)nc1N.COc1ccc(CCO)cc1. The van der Waals surface area contributed by atoms with Gasteiger partial charge in [-0.25, -0.2) is 9.78 Å². The maximum atomic E-state index is 11.7. The average Bonchev–Trinajstić information content (AvgIpc) is 2.85. The predicted octanol–water partition coefficient (Wildman–Crippen LogP) is 2.50. The first kappa shape index (κ1) is 25.4. The quantitative estimate of drug-likeness (QED) is 0.375. The largest absolute Gasteiger partial charge is 0.497 e. The van der Waals surface area contributed by atoms with E-state index in [-0.39, 0.29) is 36.5 Å². The van der Waals surface area contributed by atoms with Crippen molar-refractivity contribution in [2.45, 2.75) is 19.8 Å². The number of carbonyl (C=O) groups is 2. The van der Waals surface area contributed by atoms with Crippen LogP contribution >= 0.6 is 0 Å². The van der Waals surface area contributed by atoms with Crippen LogP contribution in [0.1, 0.15) is 38.8 Å². The van der Waals surface area contributed by atoms with Gasteiger partial charge in [0.25, 0.3) is 5.91 Å². The molecule has 2 aromatic carbocycles. The Balaban J connectivity index is 0.000000261. The van der Waals surface area contributed by atoms with E-state index in [1.165, 1.54) is 6.20 Å². The molecule has 2 heterocycles. The third kappa shape index (κ3) is 6.90. The lowest BCUT2D eigenvalue weighted by Gasteiger charge is -2.17. The fraction of sp³-hybridized carbons (Fsp3) is 0.280. The second-order valence-electron chi connectivity index (χ2n) is 7.54. The molecule has 0 saturated heterocycles. The van der Waals surface area contributed by atoms with Crippen molar-refractivity contribution in [3.8, 4) is 5.75 Å². The minimum absolute atomic E-state index is 0.0447. The zero-order valence-corrected chi connectivity index (χ0v) is 19.7. The van der Waals surface area contributed by atoms with Crippen LogP contribution in [0.2, 0.25) is 0 Å². The third-order valence-corrected chi connectivity index (χ3v) is 5.16. The smallest absolute Gasteiger partial charge is 0.343 e. The Bertz CT molecular complexity index is 1170. The van der Waals surface area contributed by atoms with Gasteiger partial charge in [0, 0.05) is 30.6 Å². The van der Waals surface area contributed by atoms with Gasteiger partial charge in [-0.1, -0.05) is 12.1 Å². The van der Waals surface area contributed by atoms with Crippen LogP contribution in [0.4, 0.5) is 17.5 Å². The number of esters is 1. The normalized spacial score (nSPS) is 11.9. The minimum Gasteiger partial charge on any atom is -0.497 e. The van der Waals surface area contributed by atoms with Crippen molar-refractivity contribution < 1.29 is 24.2 Å². The number of aromatic nitrogens is 2. The van der Waals surface area contributed by atoms with Crippen molar-refractivity contribution in [3.63, 3.8) is 0 Å². The first-order chi connectivity index (χ1) is 16.9. The Morgan fingerprint density at radius 3 is 2.66 bits per heavy atom.